The Morgan fingerprint density at radius 3 is 2.63 bits per heavy atom. The maximum absolute atomic E-state index is 13.0. The Morgan fingerprint density at radius 2 is 1.93 bits per heavy atom. The van der Waals surface area contributed by atoms with Gasteiger partial charge in [0.25, 0.3) is 5.91 Å². The van der Waals surface area contributed by atoms with Crippen molar-refractivity contribution in [3.63, 3.8) is 0 Å². The molecule has 1 aliphatic heterocycles. The summed E-state index contributed by atoms with van der Waals surface area (Å²) < 4.78 is 6.36. The lowest BCUT2D eigenvalue weighted by Gasteiger charge is -2.33. The van der Waals surface area contributed by atoms with Gasteiger partial charge < -0.3 is 9.64 Å². The standard InChI is InChI=1S/C22H22ClN3O3S/c1-25(22-24-17-5-3-4-6-19(17)30-22)20(27)14-9-11-26(12-10-14)21(28)16-13-15(23)7-8-18(16)29-2/h3-8,13-14H,9-12H2,1-2H3. The predicted octanol–water partition coefficient (Wildman–Crippen LogP) is 4.47. The number of ether oxygens (including phenoxy) is 1. The number of aromatic nitrogens is 1. The molecule has 0 radical (unpaired) electrons. The Hall–Kier alpha value is -2.64. The fourth-order valence-electron chi connectivity index (χ4n) is 3.72. The highest BCUT2D eigenvalue weighted by Gasteiger charge is 2.31. The van der Waals surface area contributed by atoms with E-state index in [9.17, 15) is 9.59 Å². The number of amides is 2. The van der Waals surface area contributed by atoms with Gasteiger partial charge in [-0.2, -0.15) is 0 Å². The summed E-state index contributed by atoms with van der Waals surface area (Å²) in [4.78, 5) is 33.9. The van der Waals surface area contributed by atoms with E-state index < -0.39 is 0 Å². The monoisotopic (exact) mass is 443 g/mol. The third-order valence-corrected chi connectivity index (χ3v) is 6.77. The zero-order valence-electron chi connectivity index (χ0n) is 16.8. The van der Waals surface area contributed by atoms with Gasteiger partial charge in [0.15, 0.2) is 5.13 Å². The van der Waals surface area contributed by atoms with E-state index >= 15 is 0 Å². The van der Waals surface area contributed by atoms with Crippen molar-refractivity contribution >= 4 is 50.1 Å². The number of methoxy groups -OCH3 is 1. The van der Waals surface area contributed by atoms with Gasteiger partial charge in [0.05, 0.1) is 22.9 Å². The number of fused-ring (bicyclic) bond motifs is 1. The van der Waals surface area contributed by atoms with Crippen LogP contribution in [0.5, 0.6) is 5.75 Å². The van der Waals surface area contributed by atoms with Crippen molar-refractivity contribution in [1.29, 1.82) is 0 Å². The number of nitrogens with zero attached hydrogens (tertiary/aromatic N) is 3. The first kappa shape index (κ1) is 20.6. The zero-order valence-corrected chi connectivity index (χ0v) is 18.4. The molecule has 2 aromatic carbocycles. The summed E-state index contributed by atoms with van der Waals surface area (Å²) in [7, 11) is 3.30. The second-order valence-electron chi connectivity index (χ2n) is 7.27. The van der Waals surface area contributed by atoms with Crippen LogP contribution in [0.4, 0.5) is 5.13 Å². The van der Waals surface area contributed by atoms with Crippen molar-refractivity contribution in [3.05, 3.63) is 53.1 Å². The first-order valence-corrected chi connectivity index (χ1v) is 10.9. The molecule has 1 saturated heterocycles. The molecular weight excluding hydrogens is 422 g/mol. The molecular formula is C22H22ClN3O3S. The highest BCUT2D eigenvalue weighted by molar-refractivity contribution is 7.22. The van der Waals surface area contributed by atoms with Crippen LogP contribution in [0.2, 0.25) is 5.02 Å². The van der Waals surface area contributed by atoms with Crippen molar-refractivity contribution in [1.82, 2.24) is 9.88 Å². The highest BCUT2D eigenvalue weighted by atomic mass is 35.5. The third-order valence-electron chi connectivity index (χ3n) is 5.42. The molecule has 0 bridgehead atoms. The number of likely N-dealkylation sites (tertiary alicyclic amines) is 1. The first-order valence-electron chi connectivity index (χ1n) is 9.74. The Kier molecular flexibility index (Phi) is 5.92. The van der Waals surface area contributed by atoms with Crippen LogP contribution in [0.1, 0.15) is 23.2 Å². The van der Waals surface area contributed by atoms with Crippen molar-refractivity contribution in [2.75, 3.05) is 32.1 Å². The van der Waals surface area contributed by atoms with Crippen LogP contribution >= 0.6 is 22.9 Å². The van der Waals surface area contributed by atoms with Gasteiger partial charge in [-0.05, 0) is 43.2 Å². The molecule has 8 heteroatoms. The number of thiazole rings is 1. The predicted molar refractivity (Wildman–Crippen MR) is 120 cm³/mol. The largest absolute Gasteiger partial charge is 0.496 e. The number of piperidine rings is 1. The van der Waals surface area contributed by atoms with Crippen LogP contribution in [0, 0.1) is 5.92 Å². The van der Waals surface area contributed by atoms with Gasteiger partial charge in [-0.3, -0.25) is 14.5 Å². The lowest BCUT2D eigenvalue weighted by molar-refractivity contribution is -0.123. The molecule has 0 saturated carbocycles. The van der Waals surface area contributed by atoms with Crippen LogP contribution in [0.25, 0.3) is 10.2 Å². The minimum atomic E-state index is -0.132. The van der Waals surface area contributed by atoms with Crippen LogP contribution in [-0.4, -0.2) is 48.9 Å². The Labute approximate surface area is 184 Å². The molecule has 2 amide bonds. The van der Waals surface area contributed by atoms with E-state index in [0.717, 1.165) is 10.2 Å². The summed E-state index contributed by atoms with van der Waals surface area (Å²) >= 11 is 7.57. The molecule has 30 heavy (non-hydrogen) atoms. The van der Waals surface area contributed by atoms with Crippen LogP contribution < -0.4 is 9.64 Å². The van der Waals surface area contributed by atoms with Crippen LogP contribution in [0.3, 0.4) is 0 Å². The molecule has 2 heterocycles. The number of carbonyl (C=O) groups excluding carboxylic acids is 2. The third kappa shape index (κ3) is 4.00. The van der Waals surface area contributed by atoms with Gasteiger partial charge in [0, 0.05) is 31.1 Å². The summed E-state index contributed by atoms with van der Waals surface area (Å²) in [6, 6.07) is 12.9. The second-order valence-corrected chi connectivity index (χ2v) is 8.72. The molecule has 156 valence electrons. The van der Waals surface area contributed by atoms with E-state index in [-0.39, 0.29) is 17.7 Å². The average Bonchev–Trinajstić information content (AvgIpc) is 3.22. The van der Waals surface area contributed by atoms with Gasteiger partial charge in [-0.25, -0.2) is 4.98 Å². The topological polar surface area (TPSA) is 62.7 Å². The number of hydrogen-bond acceptors (Lipinski definition) is 5. The van der Waals surface area contributed by atoms with Crippen molar-refractivity contribution < 1.29 is 14.3 Å². The molecule has 0 atom stereocenters. The Morgan fingerprint density at radius 1 is 1.20 bits per heavy atom. The smallest absolute Gasteiger partial charge is 0.257 e. The fourth-order valence-corrected chi connectivity index (χ4v) is 4.82. The minimum absolute atomic E-state index is 0.0430. The second kappa shape index (κ2) is 8.62. The fraction of sp³-hybridized carbons (Fsp3) is 0.318. The number of benzene rings is 2. The highest BCUT2D eigenvalue weighted by Crippen LogP contribution is 2.31. The number of halogens is 1. The lowest BCUT2D eigenvalue weighted by atomic mass is 9.95. The van der Waals surface area contributed by atoms with Gasteiger partial charge >= 0.3 is 0 Å². The van der Waals surface area contributed by atoms with Crippen molar-refractivity contribution in [3.8, 4) is 5.75 Å². The Balaban J connectivity index is 1.42. The maximum atomic E-state index is 13.0. The van der Waals surface area contributed by atoms with Crippen molar-refractivity contribution in [2.45, 2.75) is 12.8 Å². The maximum Gasteiger partial charge on any atom is 0.257 e. The van der Waals surface area contributed by atoms with Gasteiger partial charge in [-0.1, -0.05) is 35.1 Å². The molecule has 0 unspecified atom stereocenters. The van der Waals surface area contributed by atoms with Gasteiger partial charge in [-0.15, -0.1) is 0 Å². The molecule has 0 spiro atoms. The number of para-hydroxylation sites is 1. The summed E-state index contributed by atoms with van der Waals surface area (Å²) in [5.41, 5.74) is 1.34. The quantitative estimate of drug-likeness (QED) is 0.596. The molecule has 1 fully saturated rings. The Bertz CT molecular complexity index is 1060. The van der Waals surface area contributed by atoms with Crippen LogP contribution in [-0.2, 0) is 4.79 Å². The zero-order chi connectivity index (χ0) is 21.3. The molecule has 0 aliphatic carbocycles. The number of anilines is 1. The molecule has 4 rings (SSSR count). The normalized spacial score (nSPS) is 14.7. The first-order chi connectivity index (χ1) is 14.5. The molecule has 3 aromatic rings. The molecule has 1 aliphatic rings. The minimum Gasteiger partial charge on any atom is -0.496 e. The number of rotatable bonds is 4. The molecule has 0 N–H and O–H groups in total. The summed E-state index contributed by atoms with van der Waals surface area (Å²) in [6.07, 6.45) is 1.23. The van der Waals surface area contributed by atoms with E-state index in [1.54, 1.807) is 35.0 Å². The van der Waals surface area contributed by atoms with E-state index in [4.69, 9.17) is 16.3 Å². The molecule has 1 aromatic heterocycles. The SMILES string of the molecule is COc1ccc(Cl)cc1C(=O)N1CCC(C(=O)N(C)c2nc3ccccc3s2)CC1. The summed E-state index contributed by atoms with van der Waals surface area (Å²) in [5.74, 6) is 0.284. The average molecular weight is 444 g/mol. The number of hydrogen-bond donors (Lipinski definition) is 0. The van der Waals surface area contributed by atoms with E-state index in [0.29, 0.717) is 47.4 Å². The van der Waals surface area contributed by atoms with E-state index in [1.165, 1.54) is 18.4 Å². The van der Waals surface area contributed by atoms with E-state index in [2.05, 4.69) is 4.98 Å². The van der Waals surface area contributed by atoms with Crippen molar-refractivity contribution in [2.24, 2.45) is 5.92 Å². The number of carbonyl (C=O) groups is 2. The summed E-state index contributed by atoms with van der Waals surface area (Å²) in [5, 5.41) is 1.19. The van der Waals surface area contributed by atoms with Crippen LogP contribution in [0.15, 0.2) is 42.5 Å². The lowest BCUT2D eigenvalue weighted by Crippen LogP contribution is -2.43. The summed E-state index contributed by atoms with van der Waals surface area (Å²) in [6.45, 7) is 1.02. The van der Waals surface area contributed by atoms with Gasteiger partial charge in [0.2, 0.25) is 5.91 Å². The molecule has 6 nitrogen and oxygen atoms in total. The van der Waals surface area contributed by atoms with E-state index in [1.807, 2.05) is 24.3 Å². The van der Waals surface area contributed by atoms with Gasteiger partial charge in [0.1, 0.15) is 5.75 Å².